The highest BCUT2D eigenvalue weighted by atomic mass is 79.9. The minimum Gasteiger partial charge on any atom is -0.364 e. The molecule has 0 aliphatic carbocycles. The second kappa shape index (κ2) is 4.47. The van der Waals surface area contributed by atoms with Crippen molar-refractivity contribution in [3.63, 3.8) is 0 Å². The van der Waals surface area contributed by atoms with Crippen LogP contribution in [0.2, 0.25) is 0 Å². The molecule has 0 aromatic carbocycles. The van der Waals surface area contributed by atoms with E-state index >= 15 is 0 Å². The molecule has 2 aromatic heterocycles. The molecule has 0 atom stereocenters. The fourth-order valence-corrected chi connectivity index (χ4v) is 1.70. The molecule has 17 heavy (non-hydrogen) atoms. The van der Waals surface area contributed by atoms with Crippen LogP contribution in [-0.4, -0.2) is 25.7 Å². The molecular weight excluding hydrogens is 290 g/mol. The van der Waals surface area contributed by atoms with Gasteiger partial charge >= 0.3 is 0 Å². The third-order valence-corrected chi connectivity index (χ3v) is 2.70. The molecule has 0 aliphatic rings. The van der Waals surface area contributed by atoms with Crippen LogP contribution in [0.4, 0.5) is 5.82 Å². The number of nitrogen functional groups attached to an aromatic ring is 1. The lowest BCUT2D eigenvalue weighted by atomic mass is 10.4. The Kier molecular flexibility index (Phi) is 3.02. The Morgan fingerprint density at radius 2 is 2.24 bits per heavy atom. The van der Waals surface area contributed by atoms with E-state index in [1.165, 1.54) is 17.1 Å². The fraction of sp³-hybridized carbons (Fsp3) is 0. The van der Waals surface area contributed by atoms with Crippen molar-refractivity contribution < 1.29 is 4.79 Å². The van der Waals surface area contributed by atoms with Gasteiger partial charge in [-0.3, -0.25) is 4.79 Å². The molecule has 88 valence electrons. The Balaban J connectivity index is 2.49. The number of halogens is 1. The third kappa shape index (κ3) is 2.10. The molecule has 0 aliphatic heterocycles. The summed E-state index contributed by atoms with van der Waals surface area (Å²) in [5.74, 6) is 5.52. The Hall–Kier alpha value is -2.00. The first-order valence-corrected chi connectivity index (χ1v) is 5.25. The number of anilines is 1. The smallest absolute Gasteiger partial charge is 0.269 e. The van der Waals surface area contributed by atoms with Gasteiger partial charge in [0.1, 0.15) is 16.5 Å². The first-order chi connectivity index (χ1) is 8.13. The average Bonchev–Trinajstić information content (AvgIpc) is 2.78. The van der Waals surface area contributed by atoms with Crippen molar-refractivity contribution in [2.45, 2.75) is 0 Å². The highest BCUT2D eigenvalue weighted by Crippen LogP contribution is 2.24. The molecule has 0 unspecified atom stereocenters. The predicted octanol–water partition coefficient (Wildman–Crippen LogP) is -0.191. The van der Waals surface area contributed by atoms with Gasteiger partial charge in [0.05, 0.1) is 0 Å². The quantitative estimate of drug-likeness (QED) is 0.533. The molecule has 0 radical (unpaired) electrons. The van der Waals surface area contributed by atoms with Crippen LogP contribution in [0.5, 0.6) is 0 Å². The lowest BCUT2D eigenvalue weighted by molar-refractivity contribution is 0.0995. The van der Waals surface area contributed by atoms with Crippen LogP contribution in [0.25, 0.3) is 5.82 Å². The molecule has 2 heterocycles. The summed E-state index contributed by atoms with van der Waals surface area (Å²) < 4.78 is 1.92. The van der Waals surface area contributed by atoms with E-state index in [1.807, 2.05) is 0 Å². The van der Waals surface area contributed by atoms with E-state index < -0.39 is 5.91 Å². The maximum Gasteiger partial charge on any atom is 0.269 e. The maximum atomic E-state index is 10.9. The summed E-state index contributed by atoms with van der Waals surface area (Å²) in [7, 11) is 0. The summed E-state index contributed by atoms with van der Waals surface area (Å²) in [5.41, 5.74) is 7.66. The summed E-state index contributed by atoms with van der Waals surface area (Å²) in [6.07, 6.45) is 2.88. The second-order valence-electron chi connectivity index (χ2n) is 3.01. The number of carbonyl (C=O) groups is 1. The Bertz CT molecular complexity index is 567. The van der Waals surface area contributed by atoms with E-state index in [9.17, 15) is 4.79 Å². The molecule has 0 saturated carbocycles. The van der Waals surface area contributed by atoms with Gasteiger partial charge in [0.2, 0.25) is 0 Å². The zero-order chi connectivity index (χ0) is 12.4. The standard InChI is InChI=1S/C8H8BrN7O/c9-5-7(14-11)12-3-13-8(5)16-2-1-4(15-16)6(10)17/h1-3H,11H2,(H2,10,17)(H,12,13,14). The third-order valence-electron chi connectivity index (χ3n) is 1.97. The SMILES string of the molecule is NNc1ncnc(-n2ccc(C(N)=O)n2)c1Br. The van der Waals surface area contributed by atoms with E-state index in [0.29, 0.717) is 16.1 Å². The van der Waals surface area contributed by atoms with E-state index in [-0.39, 0.29) is 5.69 Å². The zero-order valence-corrected chi connectivity index (χ0v) is 10.0. The van der Waals surface area contributed by atoms with Crippen molar-refractivity contribution in [1.82, 2.24) is 19.7 Å². The highest BCUT2D eigenvalue weighted by molar-refractivity contribution is 9.10. The minimum absolute atomic E-state index is 0.151. The molecule has 2 rings (SSSR count). The van der Waals surface area contributed by atoms with Crippen LogP contribution in [0.1, 0.15) is 10.5 Å². The number of aromatic nitrogens is 4. The van der Waals surface area contributed by atoms with Gasteiger partial charge in [0.25, 0.3) is 5.91 Å². The van der Waals surface area contributed by atoms with Gasteiger partial charge in [-0.2, -0.15) is 5.10 Å². The number of nitrogens with two attached hydrogens (primary N) is 2. The number of primary amides is 1. The number of amides is 1. The molecule has 0 bridgehead atoms. The topological polar surface area (TPSA) is 125 Å². The van der Waals surface area contributed by atoms with Gasteiger partial charge in [-0.15, -0.1) is 0 Å². The molecule has 9 heteroatoms. The fourth-order valence-electron chi connectivity index (χ4n) is 1.19. The zero-order valence-electron chi connectivity index (χ0n) is 8.46. The van der Waals surface area contributed by atoms with Crippen molar-refractivity contribution in [2.24, 2.45) is 11.6 Å². The van der Waals surface area contributed by atoms with E-state index in [2.05, 4.69) is 36.4 Å². The molecule has 8 nitrogen and oxygen atoms in total. The van der Waals surface area contributed by atoms with Crippen LogP contribution in [0.15, 0.2) is 23.1 Å². The van der Waals surface area contributed by atoms with Crippen LogP contribution >= 0.6 is 15.9 Å². The van der Waals surface area contributed by atoms with Crippen molar-refractivity contribution in [3.05, 3.63) is 28.8 Å². The van der Waals surface area contributed by atoms with E-state index in [0.717, 1.165) is 0 Å². The number of rotatable bonds is 3. The van der Waals surface area contributed by atoms with Crippen LogP contribution in [-0.2, 0) is 0 Å². The van der Waals surface area contributed by atoms with Crippen LogP contribution < -0.4 is 17.0 Å². The molecule has 2 aromatic rings. The molecule has 0 fully saturated rings. The lowest BCUT2D eigenvalue weighted by Crippen LogP contribution is -2.14. The van der Waals surface area contributed by atoms with Crippen molar-refractivity contribution in [3.8, 4) is 5.82 Å². The average molecular weight is 298 g/mol. The molecule has 5 N–H and O–H groups in total. The van der Waals surface area contributed by atoms with Crippen LogP contribution in [0, 0.1) is 0 Å². The predicted molar refractivity (Wildman–Crippen MR) is 63.2 cm³/mol. The first kappa shape index (κ1) is 11.5. The summed E-state index contributed by atoms with van der Waals surface area (Å²) in [6, 6.07) is 1.49. The molecular formula is C8H8BrN7O. The Morgan fingerprint density at radius 1 is 1.47 bits per heavy atom. The van der Waals surface area contributed by atoms with Gasteiger partial charge in [-0.05, 0) is 22.0 Å². The summed E-state index contributed by atoms with van der Waals surface area (Å²) >= 11 is 3.28. The first-order valence-electron chi connectivity index (χ1n) is 4.46. The normalized spacial score (nSPS) is 10.2. The van der Waals surface area contributed by atoms with E-state index in [1.54, 1.807) is 6.20 Å². The van der Waals surface area contributed by atoms with Crippen molar-refractivity contribution >= 4 is 27.7 Å². The molecule has 0 spiro atoms. The number of nitrogens with one attached hydrogen (secondary N) is 1. The number of nitrogens with zero attached hydrogens (tertiary/aromatic N) is 4. The number of hydrogen-bond donors (Lipinski definition) is 3. The van der Waals surface area contributed by atoms with E-state index in [4.69, 9.17) is 11.6 Å². The maximum absolute atomic E-state index is 10.9. The number of hydrazine groups is 1. The number of hydrogen-bond acceptors (Lipinski definition) is 6. The van der Waals surface area contributed by atoms with Gasteiger partial charge in [0, 0.05) is 6.20 Å². The summed E-state index contributed by atoms with van der Waals surface area (Å²) in [4.78, 5) is 18.8. The second-order valence-corrected chi connectivity index (χ2v) is 3.81. The molecule has 0 saturated heterocycles. The van der Waals surface area contributed by atoms with Crippen molar-refractivity contribution in [2.75, 3.05) is 5.43 Å². The van der Waals surface area contributed by atoms with Crippen molar-refractivity contribution in [1.29, 1.82) is 0 Å². The lowest BCUT2D eigenvalue weighted by Gasteiger charge is -2.06. The van der Waals surface area contributed by atoms with Gasteiger partial charge in [-0.25, -0.2) is 20.5 Å². The monoisotopic (exact) mass is 297 g/mol. The molecule has 1 amide bonds. The van der Waals surface area contributed by atoms with Gasteiger partial charge < -0.3 is 11.2 Å². The Labute approximate surface area is 104 Å². The largest absolute Gasteiger partial charge is 0.364 e. The summed E-state index contributed by atoms with van der Waals surface area (Å²) in [6.45, 7) is 0. The Morgan fingerprint density at radius 3 is 2.82 bits per heavy atom. The van der Waals surface area contributed by atoms with Gasteiger partial charge in [0.15, 0.2) is 11.6 Å². The highest BCUT2D eigenvalue weighted by Gasteiger charge is 2.12. The minimum atomic E-state index is -0.605. The summed E-state index contributed by atoms with van der Waals surface area (Å²) in [5, 5.41) is 3.97. The van der Waals surface area contributed by atoms with Crippen LogP contribution in [0.3, 0.4) is 0 Å². The van der Waals surface area contributed by atoms with Gasteiger partial charge in [-0.1, -0.05) is 0 Å². The number of carbonyl (C=O) groups excluding carboxylic acids is 1.